The molecule has 1 atom stereocenters. The summed E-state index contributed by atoms with van der Waals surface area (Å²) in [4.78, 5) is 0. The summed E-state index contributed by atoms with van der Waals surface area (Å²) in [6, 6.07) is 12.6. The summed E-state index contributed by atoms with van der Waals surface area (Å²) in [5.74, 6) is 0.318. The largest absolute Gasteiger partial charge is 0.388 e. The van der Waals surface area contributed by atoms with Crippen molar-refractivity contribution in [3.8, 4) is 6.07 Å². The van der Waals surface area contributed by atoms with Crippen LogP contribution in [0.15, 0.2) is 30.3 Å². The summed E-state index contributed by atoms with van der Waals surface area (Å²) in [6.07, 6.45) is 8.15. The second kappa shape index (κ2) is 5.22. The van der Waals surface area contributed by atoms with E-state index in [9.17, 15) is 10.4 Å². The normalized spacial score (nSPS) is 25.2. The van der Waals surface area contributed by atoms with Gasteiger partial charge in [0.15, 0.2) is 0 Å². The highest BCUT2D eigenvalue weighted by Crippen LogP contribution is 2.54. The highest BCUT2D eigenvalue weighted by atomic mass is 16.3. The first kappa shape index (κ1) is 13.6. The minimum absolute atomic E-state index is 0.318. The van der Waals surface area contributed by atoms with Crippen LogP contribution in [0.5, 0.6) is 0 Å². The second-order valence-corrected chi connectivity index (χ2v) is 6.51. The molecule has 3 rings (SSSR count). The van der Waals surface area contributed by atoms with Gasteiger partial charge in [0.2, 0.25) is 0 Å². The lowest BCUT2D eigenvalue weighted by Crippen LogP contribution is -2.57. The van der Waals surface area contributed by atoms with Crippen molar-refractivity contribution in [2.45, 2.75) is 62.4 Å². The number of nitriles is 1. The predicted octanol–water partition coefficient (Wildman–Crippen LogP) is 3.94. The van der Waals surface area contributed by atoms with Gasteiger partial charge in [-0.15, -0.1) is 0 Å². The van der Waals surface area contributed by atoms with Crippen LogP contribution in [0.1, 0.15) is 56.9 Å². The predicted molar refractivity (Wildman–Crippen MR) is 79.1 cm³/mol. The average molecular weight is 269 g/mol. The zero-order chi connectivity index (χ0) is 14.1. The Labute approximate surface area is 121 Å². The Morgan fingerprint density at radius 1 is 1.05 bits per heavy atom. The van der Waals surface area contributed by atoms with Crippen molar-refractivity contribution >= 4 is 0 Å². The molecule has 1 N–H and O–H groups in total. The summed E-state index contributed by atoms with van der Waals surface area (Å²) in [7, 11) is 0. The first-order valence-corrected chi connectivity index (χ1v) is 7.92. The first-order chi connectivity index (χ1) is 9.73. The average Bonchev–Trinajstić information content (AvgIpc) is 2.44. The molecule has 20 heavy (non-hydrogen) atoms. The van der Waals surface area contributed by atoms with Gasteiger partial charge in [0, 0.05) is 0 Å². The van der Waals surface area contributed by atoms with Gasteiger partial charge in [-0.3, -0.25) is 0 Å². The van der Waals surface area contributed by atoms with Crippen molar-refractivity contribution < 1.29 is 5.11 Å². The molecule has 0 spiro atoms. The number of hydrogen-bond donors (Lipinski definition) is 1. The fourth-order valence-electron chi connectivity index (χ4n) is 4.22. The van der Waals surface area contributed by atoms with Crippen LogP contribution in [0.25, 0.3) is 0 Å². The van der Waals surface area contributed by atoms with E-state index in [2.05, 4.69) is 6.07 Å². The Morgan fingerprint density at radius 3 is 2.20 bits per heavy atom. The van der Waals surface area contributed by atoms with Gasteiger partial charge in [-0.05, 0) is 37.2 Å². The standard InChI is InChI=1S/C18H23NO/c19-14-18(16-10-7-11-16,15-8-3-1-4-9-15)17(20)12-5-2-6-13-17/h1,3-4,8-9,16,20H,2,5-7,10-13H2. The molecule has 2 saturated carbocycles. The molecule has 106 valence electrons. The Bertz CT molecular complexity index is 494. The summed E-state index contributed by atoms with van der Waals surface area (Å²) in [5.41, 5.74) is -0.518. The quantitative estimate of drug-likeness (QED) is 0.903. The van der Waals surface area contributed by atoms with Gasteiger partial charge in [0.25, 0.3) is 0 Å². The Balaban J connectivity index is 2.09. The van der Waals surface area contributed by atoms with Crippen LogP contribution < -0.4 is 0 Å². The molecule has 0 aromatic heterocycles. The summed E-state index contributed by atoms with van der Waals surface area (Å²) < 4.78 is 0. The second-order valence-electron chi connectivity index (χ2n) is 6.51. The van der Waals surface area contributed by atoms with E-state index in [0.717, 1.165) is 44.1 Å². The van der Waals surface area contributed by atoms with E-state index in [1.165, 1.54) is 12.8 Å². The molecule has 1 aromatic rings. The molecule has 2 aliphatic carbocycles. The SMILES string of the molecule is N#CC(c1ccccc1)(C1CCC1)C1(O)CCCCC1. The van der Waals surface area contributed by atoms with Gasteiger partial charge < -0.3 is 5.11 Å². The Kier molecular flexibility index (Phi) is 3.56. The molecule has 0 heterocycles. The van der Waals surface area contributed by atoms with Crippen LogP contribution in [-0.4, -0.2) is 10.7 Å². The Morgan fingerprint density at radius 2 is 1.70 bits per heavy atom. The molecule has 0 bridgehead atoms. The number of benzene rings is 1. The number of rotatable bonds is 3. The Hall–Kier alpha value is -1.33. The van der Waals surface area contributed by atoms with Crippen LogP contribution >= 0.6 is 0 Å². The lowest BCUT2D eigenvalue weighted by Gasteiger charge is -2.52. The lowest BCUT2D eigenvalue weighted by atomic mass is 9.52. The van der Waals surface area contributed by atoms with Gasteiger partial charge in [0.05, 0.1) is 11.7 Å². The molecule has 2 aliphatic rings. The van der Waals surface area contributed by atoms with E-state index < -0.39 is 11.0 Å². The number of aliphatic hydroxyl groups is 1. The molecule has 0 saturated heterocycles. The number of nitrogens with zero attached hydrogens (tertiary/aromatic N) is 1. The zero-order valence-electron chi connectivity index (χ0n) is 12.0. The van der Waals surface area contributed by atoms with Crippen LogP contribution in [0, 0.1) is 17.2 Å². The fourth-order valence-corrected chi connectivity index (χ4v) is 4.22. The van der Waals surface area contributed by atoms with Gasteiger partial charge in [0.1, 0.15) is 5.41 Å². The molecular weight excluding hydrogens is 246 g/mol. The highest BCUT2D eigenvalue weighted by Gasteiger charge is 2.57. The minimum Gasteiger partial charge on any atom is -0.388 e. The first-order valence-electron chi connectivity index (χ1n) is 7.92. The lowest BCUT2D eigenvalue weighted by molar-refractivity contribution is -0.0817. The molecule has 2 fully saturated rings. The van der Waals surface area contributed by atoms with Crippen molar-refractivity contribution in [3.05, 3.63) is 35.9 Å². The van der Waals surface area contributed by atoms with Crippen LogP contribution in [0.4, 0.5) is 0 Å². The maximum Gasteiger partial charge on any atom is 0.114 e. The zero-order valence-corrected chi connectivity index (χ0v) is 12.0. The molecule has 1 aromatic carbocycles. The smallest absolute Gasteiger partial charge is 0.114 e. The molecule has 0 amide bonds. The van der Waals surface area contributed by atoms with Crippen molar-refractivity contribution in [1.82, 2.24) is 0 Å². The summed E-state index contributed by atoms with van der Waals surface area (Å²) in [6.45, 7) is 0. The third-order valence-electron chi connectivity index (χ3n) is 5.54. The molecule has 1 unspecified atom stereocenters. The van der Waals surface area contributed by atoms with Gasteiger partial charge in [-0.25, -0.2) is 0 Å². The van der Waals surface area contributed by atoms with E-state index in [4.69, 9.17) is 0 Å². The maximum atomic E-state index is 11.3. The molecule has 2 heteroatoms. The van der Waals surface area contributed by atoms with E-state index in [-0.39, 0.29) is 0 Å². The van der Waals surface area contributed by atoms with Gasteiger partial charge in [-0.1, -0.05) is 56.0 Å². The molecule has 0 aliphatic heterocycles. The highest BCUT2D eigenvalue weighted by molar-refractivity contribution is 5.39. The fraction of sp³-hybridized carbons (Fsp3) is 0.611. The van der Waals surface area contributed by atoms with Crippen LogP contribution in [-0.2, 0) is 5.41 Å². The van der Waals surface area contributed by atoms with E-state index in [1.807, 2.05) is 30.3 Å². The molecule has 0 radical (unpaired) electrons. The molecule has 2 nitrogen and oxygen atoms in total. The minimum atomic E-state index is -0.841. The van der Waals surface area contributed by atoms with Crippen molar-refractivity contribution in [2.24, 2.45) is 5.92 Å². The number of hydrogen-bond acceptors (Lipinski definition) is 2. The van der Waals surface area contributed by atoms with Gasteiger partial charge >= 0.3 is 0 Å². The van der Waals surface area contributed by atoms with E-state index >= 15 is 0 Å². The summed E-state index contributed by atoms with van der Waals surface area (Å²) in [5, 5.41) is 21.4. The van der Waals surface area contributed by atoms with Crippen molar-refractivity contribution in [2.75, 3.05) is 0 Å². The third kappa shape index (κ3) is 1.88. The summed E-state index contributed by atoms with van der Waals surface area (Å²) >= 11 is 0. The van der Waals surface area contributed by atoms with Crippen molar-refractivity contribution in [1.29, 1.82) is 5.26 Å². The van der Waals surface area contributed by atoms with E-state index in [1.54, 1.807) is 0 Å². The van der Waals surface area contributed by atoms with Gasteiger partial charge in [-0.2, -0.15) is 5.26 Å². The molecular formula is C18H23NO. The monoisotopic (exact) mass is 269 g/mol. The maximum absolute atomic E-state index is 11.3. The third-order valence-corrected chi connectivity index (χ3v) is 5.54. The topological polar surface area (TPSA) is 44.0 Å². The van der Waals surface area contributed by atoms with Crippen LogP contribution in [0.2, 0.25) is 0 Å². The van der Waals surface area contributed by atoms with Crippen molar-refractivity contribution in [3.63, 3.8) is 0 Å². The van der Waals surface area contributed by atoms with Crippen LogP contribution in [0.3, 0.4) is 0 Å². The van der Waals surface area contributed by atoms with E-state index in [0.29, 0.717) is 5.92 Å².